The van der Waals surface area contributed by atoms with Gasteiger partial charge >= 0.3 is 0 Å². The quantitative estimate of drug-likeness (QED) is 0.618. The van der Waals surface area contributed by atoms with E-state index >= 15 is 0 Å². The van der Waals surface area contributed by atoms with Crippen LogP contribution < -0.4 is 9.47 Å². The molecule has 1 unspecified atom stereocenters. The Labute approximate surface area is 191 Å². The number of hydrogen-bond acceptors (Lipinski definition) is 4. The minimum absolute atomic E-state index is 0.0371. The molecule has 172 valence electrons. The molecule has 6 nitrogen and oxygen atoms in total. The Morgan fingerprint density at radius 1 is 1.06 bits per heavy atom. The highest BCUT2D eigenvalue weighted by Gasteiger charge is 2.30. The van der Waals surface area contributed by atoms with Gasteiger partial charge in [-0.1, -0.05) is 26.0 Å². The van der Waals surface area contributed by atoms with Gasteiger partial charge in [0, 0.05) is 18.7 Å². The van der Waals surface area contributed by atoms with Crippen LogP contribution >= 0.6 is 0 Å². The first kappa shape index (κ1) is 23.6. The van der Waals surface area contributed by atoms with Gasteiger partial charge in [-0.3, -0.25) is 9.59 Å². The van der Waals surface area contributed by atoms with Gasteiger partial charge in [-0.2, -0.15) is 0 Å². The van der Waals surface area contributed by atoms with Crippen molar-refractivity contribution in [1.29, 1.82) is 0 Å². The van der Waals surface area contributed by atoms with Crippen molar-refractivity contribution in [3.05, 3.63) is 58.7 Å². The predicted molar refractivity (Wildman–Crippen MR) is 125 cm³/mol. The van der Waals surface area contributed by atoms with Crippen molar-refractivity contribution >= 4 is 11.8 Å². The van der Waals surface area contributed by atoms with Crippen LogP contribution in [0.3, 0.4) is 0 Å². The third-order valence-corrected chi connectivity index (χ3v) is 6.22. The first-order valence-corrected chi connectivity index (χ1v) is 11.4. The van der Waals surface area contributed by atoms with Gasteiger partial charge in [-0.25, -0.2) is 0 Å². The van der Waals surface area contributed by atoms with Gasteiger partial charge in [0.15, 0.2) is 11.5 Å². The molecule has 2 aromatic rings. The zero-order chi connectivity index (χ0) is 23.3. The van der Waals surface area contributed by atoms with E-state index < -0.39 is 0 Å². The first-order chi connectivity index (χ1) is 15.4. The number of benzene rings is 2. The molecule has 1 aliphatic heterocycles. The van der Waals surface area contributed by atoms with E-state index in [9.17, 15) is 9.59 Å². The van der Waals surface area contributed by atoms with E-state index in [0.29, 0.717) is 30.2 Å². The molecule has 2 amide bonds. The van der Waals surface area contributed by atoms with Crippen LogP contribution in [0.5, 0.6) is 11.5 Å². The number of carbonyl (C=O) groups is 2. The molecule has 6 heteroatoms. The second-order valence-corrected chi connectivity index (χ2v) is 8.20. The number of methoxy groups -OCH3 is 2. The number of ether oxygens (including phenoxy) is 2. The summed E-state index contributed by atoms with van der Waals surface area (Å²) < 4.78 is 10.9. The number of amides is 2. The molecule has 0 aromatic heterocycles. The fourth-order valence-electron chi connectivity index (χ4n) is 4.33. The topological polar surface area (TPSA) is 59.1 Å². The summed E-state index contributed by atoms with van der Waals surface area (Å²) in [7, 11) is 3.24. The average molecular weight is 439 g/mol. The Kier molecular flexibility index (Phi) is 7.78. The smallest absolute Gasteiger partial charge is 0.254 e. The summed E-state index contributed by atoms with van der Waals surface area (Å²) in [5.41, 5.74) is 4.03. The zero-order valence-corrected chi connectivity index (χ0v) is 19.8. The van der Waals surface area contributed by atoms with Crippen LogP contribution in [0.1, 0.15) is 60.3 Å². The number of aryl methyl sites for hydroxylation is 1. The SMILES string of the molecule is CCCN(CC(=O)N1CCc2cc(OC)c(OC)cc2C1C)C(=O)c1ccc(CC)cc1. The molecule has 0 radical (unpaired) electrons. The van der Waals surface area contributed by atoms with Crippen molar-refractivity contribution in [3.8, 4) is 11.5 Å². The molecular formula is C26H34N2O4. The monoisotopic (exact) mass is 438 g/mol. The fourth-order valence-corrected chi connectivity index (χ4v) is 4.33. The van der Waals surface area contributed by atoms with E-state index in [1.165, 1.54) is 5.56 Å². The molecule has 1 atom stereocenters. The van der Waals surface area contributed by atoms with Gasteiger partial charge in [0.25, 0.3) is 5.91 Å². The van der Waals surface area contributed by atoms with Crippen LogP contribution in [0.15, 0.2) is 36.4 Å². The Morgan fingerprint density at radius 2 is 1.72 bits per heavy atom. The Hall–Kier alpha value is -3.02. The lowest BCUT2D eigenvalue weighted by Crippen LogP contribution is -2.46. The average Bonchev–Trinajstić information content (AvgIpc) is 2.82. The van der Waals surface area contributed by atoms with Crippen LogP contribution in [-0.2, 0) is 17.6 Å². The number of carbonyl (C=O) groups excluding carboxylic acids is 2. The predicted octanol–water partition coefficient (Wildman–Crippen LogP) is 4.26. The van der Waals surface area contributed by atoms with Gasteiger partial charge in [-0.15, -0.1) is 0 Å². The summed E-state index contributed by atoms with van der Waals surface area (Å²) >= 11 is 0. The van der Waals surface area contributed by atoms with E-state index in [0.717, 1.165) is 30.4 Å². The molecule has 0 N–H and O–H groups in total. The summed E-state index contributed by atoms with van der Waals surface area (Å²) in [6, 6.07) is 11.5. The number of nitrogens with zero attached hydrogens (tertiary/aromatic N) is 2. The summed E-state index contributed by atoms with van der Waals surface area (Å²) in [5, 5.41) is 0. The summed E-state index contributed by atoms with van der Waals surface area (Å²) in [4.78, 5) is 29.9. The molecule has 0 spiro atoms. The molecule has 1 aliphatic rings. The second kappa shape index (κ2) is 10.5. The molecule has 0 saturated carbocycles. The van der Waals surface area contributed by atoms with E-state index in [4.69, 9.17) is 9.47 Å². The Morgan fingerprint density at radius 3 is 2.31 bits per heavy atom. The molecule has 0 saturated heterocycles. The summed E-state index contributed by atoms with van der Waals surface area (Å²) in [6.45, 7) is 7.37. The molecule has 0 bridgehead atoms. The molecule has 32 heavy (non-hydrogen) atoms. The molecular weight excluding hydrogens is 404 g/mol. The van der Waals surface area contributed by atoms with Gasteiger partial charge in [0.1, 0.15) is 6.54 Å². The van der Waals surface area contributed by atoms with E-state index in [2.05, 4.69) is 6.92 Å². The number of fused-ring (bicyclic) bond motifs is 1. The minimum Gasteiger partial charge on any atom is -0.493 e. The largest absolute Gasteiger partial charge is 0.493 e. The van der Waals surface area contributed by atoms with Crippen LogP contribution in [0, 0.1) is 0 Å². The third-order valence-electron chi connectivity index (χ3n) is 6.22. The maximum Gasteiger partial charge on any atom is 0.254 e. The van der Waals surface area contributed by atoms with Crippen molar-refractivity contribution in [1.82, 2.24) is 9.80 Å². The lowest BCUT2D eigenvalue weighted by atomic mass is 9.92. The molecule has 3 rings (SSSR count). The van der Waals surface area contributed by atoms with E-state index in [1.807, 2.05) is 55.1 Å². The number of rotatable bonds is 8. The van der Waals surface area contributed by atoms with Crippen molar-refractivity contribution < 1.29 is 19.1 Å². The normalized spacial score (nSPS) is 15.2. The Balaban J connectivity index is 1.77. The lowest BCUT2D eigenvalue weighted by Gasteiger charge is -2.37. The van der Waals surface area contributed by atoms with Gasteiger partial charge in [0.05, 0.1) is 20.3 Å². The van der Waals surface area contributed by atoms with Crippen LogP contribution in [-0.4, -0.2) is 55.5 Å². The fraction of sp³-hybridized carbons (Fsp3) is 0.462. The summed E-state index contributed by atoms with van der Waals surface area (Å²) in [6.07, 6.45) is 2.46. The number of hydrogen-bond donors (Lipinski definition) is 0. The second-order valence-electron chi connectivity index (χ2n) is 8.20. The highest BCUT2D eigenvalue weighted by atomic mass is 16.5. The van der Waals surface area contributed by atoms with Gasteiger partial charge < -0.3 is 19.3 Å². The maximum absolute atomic E-state index is 13.3. The Bertz CT molecular complexity index is 955. The molecule has 2 aromatic carbocycles. The first-order valence-electron chi connectivity index (χ1n) is 11.4. The summed E-state index contributed by atoms with van der Waals surface area (Å²) in [5.74, 6) is 1.22. The zero-order valence-electron chi connectivity index (χ0n) is 19.8. The maximum atomic E-state index is 13.3. The van der Waals surface area contributed by atoms with Crippen molar-refractivity contribution in [3.63, 3.8) is 0 Å². The van der Waals surface area contributed by atoms with Crippen molar-refractivity contribution in [2.24, 2.45) is 0 Å². The minimum atomic E-state index is -0.103. The van der Waals surface area contributed by atoms with Crippen LogP contribution in [0.2, 0.25) is 0 Å². The van der Waals surface area contributed by atoms with Gasteiger partial charge in [-0.05, 0) is 67.1 Å². The molecule has 1 heterocycles. The lowest BCUT2D eigenvalue weighted by molar-refractivity contribution is -0.134. The van der Waals surface area contributed by atoms with Gasteiger partial charge in [0.2, 0.25) is 5.91 Å². The molecule has 0 aliphatic carbocycles. The van der Waals surface area contributed by atoms with E-state index in [-0.39, 0.29) is 24.4 Å². The standard InChI is InChI=1S/C26H34N2O4/c1-6-13-27(26(30)20-10-8-19(7-2)9-11-20)17-25(29)28-14-12-21-15-23(31-4)24(32-5)16-22(21)18(28)3/h8-11,15-16,18H,6-7,12-14,17H2,1-5H3. The molecule has 0 fully saturated rings. The highest BCUT2D eigenvalue weighted by molar-refractivity contribution is 5.96. The van der Waals surface area contributed by atoms with Crippen molar-refractivity contribution in [2.45, 2.75) is 46.1 Å². The van der Waals surface area contributed by atoms with Crippen molar-refractivity contribution in [2.75, 3.05) is 33.9 Å². The van der Waals surface area contributed by atoms with Crippen LogP contribution in [0.25, 0.3) is 0 Å². The van der Waals surface area contributed by atoms with E-state index in [1.54, 1.807) is 19.1 Å². The van der Waals surface area contributed by atoms with Crippen LogP contribution in [0.4, 0.5) is 0 Å². The third kappa shape index (κ3) is 4.90. The highest BCUT2D eigenvalue weighted by Crippen LogP contribution is 2.37.